The quantitative estimate of drug-likeness (QED) is 0.163. The first-order valence-corrected chi connectivity index (χ1v) is 17.1. The molecule has 2 heterocycles. The first-order valence-electron chi connectivity index (χ1n) is 17.1. The van der Waals surface area contributed by atoms with Gasteiger partial charge in [0.15, 0.2) is 18.7 Å². The summed E-state index contributed by atoms with van der Waals surface area (Å²) in [6.07, 6.45) is -12.1. The lowest BCUT2D eigenvalue weighted by molar-refractivity contribution is -0.360. The first kappa shape index (κ1) is 36.8. The topological polar surface area (TPSA) is 142 Å². The van der Waals surface area contributed by atoms with Crippen LogP contribution in [-0.2, 0) is 53.0 Å². The van der Waals surface area contributed by atoms with Crippen molar-refractivity contribution in [1.29, 1.82) is 0 Å². The molecule has 3 N–H and O–H groups in total. The zero-order valence-electron chi connectivity index (χ0n) is 28.3. The molecule has 0 bridgehead atoms. The van der Waals surface area contributed by atoms with Crippen LogP contribution < -0.4 is 0 Å². The Morgan fingerprint density at radius 2 is 1.10 bits per heavy atom. The molecule has 10 atom stereocenters. The van der Waals surface area contributed by atoms with Gasteiger partial charge in [0.05, 0.1) is 38.1 Å². The molecule has 2 aliphatic heterocycles. The van der Waals surface area contributed by atoms with Crippen LogP contribution in [0.25, 0.3) is 0 Å². The number of carbonyl (C=O) groups excluding carboxylic acids is 1. The molecule has 11 heteroatoms. The second kappa shape index (κ2) is 18.0. The molecule has 2 saturated heterocycles. The average Bonchev–Trinajstić information content (AvgIpc) is 3.16. The molecule has 0 unspecified atom stereocenters. The summed E-state index contributed by atoms with van der Waals surface area (Å²) in [4.78, 5) is 12.9. The second-order valence-corrected chi connectivity index (χ2v) is 12.6. The Labute approximate surface area is 297 Å². The van der Waals surface area contributed by atoms with Crippen molar-refractivity contribution in [3.63, 3.8) is 0 Å². The summed E-state index contributed by atoms with van der Waals surface area (Å²) in [5.41, 5.74) is 2.95. The highest BCUT2D eigenvalue weighted by atomic mass is 16.7. The van der Waals surface area contributed by atoms with Crippen LogP contribution in [0.15, 0.2) is 121 Å². The van der Waals surface area contributed by atoms with Crippen LogP contribution in [0.5, 0.6) is 0 Å². The Kier molecular flexibility index (Phi) is 13.0. The third-order valence-electron chi connectivity index (χ3n) is 8.90. The number of aliphatic hydroxyl groups is 3. The van der Waals surface area contributed by atoms with Crippen LogP contribution in [0.1, 0.15) is 34.0 Å². The lowest BCUT2D eigenvalue weighted by Gasteiger charge is -2.47. The van der Waals surface area contributed by atoms with Crippen molar-refractivity contribution in [2.45, 2.75) is 88.2 Å². The molecule has 0 aliphatic carbocycles. The Balaban J connectivity index is 1.24. The predicted octanol–water partition coefficient (Wildman–Crippen LogP) is 4.17. The molecule has 11 nitrogen and oxygen atoms in total. The highest BCUT2D eigenvalue weighted by Gasteiger charge is 2.52. The molecule has 4 aromatic rings. The smallest absolute Gasteiger partial charge is 0.338 e. The van der Waals surface area contributed by atoms with E-state index in [0.717, 1.165) is 16.7 Å². The molecule has 0 saturated carbocycles. The van der Waals surface area contributed by atoms with E-state index in [4.69, 9.17) is 33.2 Å². The van der Waals surface area contributed by atoms with Gasteiger partial charge in [0.25, 0.3) is 0 Å². The van der Waals surface area contributed by atoms with E-state index in [-0.39, 0.29) is 25.4 Å². The molecule has 0 aromatic heterocycles. The number of esters is 1. The summed E-state index contributed by atoms with van der Waals surface area (Å²) in [5, 5.41) is 34.2. The van der Waals surface area contributed by atoms with Crippen molar-refractivity contribution in [3.8, 4) is 0 Å². The van der Waals surface area contributed by atoms with Gasteiger partial charge in [0.1, 0.15) is 36.6 Å². The summed E-state index contributed by atoms with van der Waals surface area (Å²) in [5.74, 6) is -0.752. The molecule has 0 spiro atoms. The maximum atomic E-state index is 12.9. The van der Waals surface area contributed by atoms with E-state index in [2.05, 4.69) is 0 Å². The minimum absolute atomic E-state index is 0.0337. The Morgan fingerprint density at radius 1 is 0.608 bits per heavy atom. The molecule has 0 amide bonds. The molecular formula is C40H44O11. The van der Waals surface area contributed by atoms with Crippen molar-refractivity contribution < 1.29 is 53.3 Å². The number of rotatable bonds is 14. The van der Waals surface area contributed by atoms with Crippen molar-refractivity contribution in [2.75, 3.05) is 6.61 Å². The van der Waals surface area contributed by atoms with Crippen molar-refractivity contribution in [2.24, 2.45) is 0 Å². The van der Waals surface area contributed by atoms with Crippen LogP contribution in [0.2, 0.25) is 0 Å². The molecule has 6 rings (SSSR count). The van der Waals surface area contributed by atoms with E-state index < -0.39 is 67.4 Å². The highest BCUT2D eigenvalue weighted by Crippen LogP contribution is 2.33. The predicted molar refractivity (Wildman–Crippen MR) is 184 cm³/mol. The van der Waals surface area contributed by atoms with Gasteiger partial charge in [0.2, 0.25) is 0 Å². The average molecular weight is 701 g/mol. The summed E-state index contributed by atoms with van der Waals surface area (Å²) < 4.78 is 42.8. The molecule has 270 valence electrons. The molecular weight excluding hydrogens is 656 g/mol. The van der Waals surface area contributed by atoms with E-state index >= 15 is 0 Å². The second-order valence-electron chi connectivity index (χ2n) is 12.6. The lowest BCUT2D eigenvalue weighted by atomic mass is 9.96. The largest absolute Gasteiger partial charge is 0.450 e. The third-order valence-corrected chi connectivity index (χ3v) is 8.90. The zero-order valence-corrected chi connectivity index (χ0v) is 28.3. The summed E-state index contributed by atoms with van der Waals surface area (Å²) in [6.45, 7) is 2.24. The molecule has 2 aliphatic rings. The summed E-state index contributed by atoms with van der Waals surface area (Å²) in [7, 11) is 0. The van der Waals surface area contributed by atoms with Crippen LogP contribution in [0, 0.1) is 0 Å². The monoisotopic (exact) mass is 700 g/mol. The lowest BCUT2D eigenvalue weighted by Crippen LogP contribution is -2.64. The number of benzene rings is 4. The van der Waals surface area contributed by atoms with Crippen molar-refractivity contribution in [3.05, 3.63) is 144 Å². The Bertz CT molecular complexity index is 1610. The molecule has 0 radical (unpaired) electrons. The van der Waals surface area contributed by atoms with E-state index in [1.54, 1.807) is 37.3 Å². The fourth-order valence-corrected chi connectivity index (χ4v) is 6.17. The molecule has 2 fully saturated rings. The maximum Gasteiger partial charge on any atom is 0.338 e. The van der Waals surface area contributed by atoms with Crippen LogP contribution in [0.4, 0.5) is 0 Å². The fourth-order valence-electron chi connectivity index (χ4n) is 6.17. The Hall–Kier alpha value is -4.01. The van der Waals surface area contributed by atoms with E-state index in [1.165, 1.54) is 0 Å². The fraction of sp³-hybridized carbons (Fsp3) is 0.375. The standard InChI is InChI=1S/C40H44O11/c1-26-34(32(41)36(39(44)48-26)50-38(43)30-20-12-5-13-21-30)51-40-37(47-24-29-18-10-4-11-19-29)33(42)35(46-23-28-16-8-3-9-17-28)31(49-40)25-45-22-27-14-6-2-7-15-27/h2-21,26,31-37,39-42,44H,22-25H2,1H3/t26-,31+,32+,33-,34-,35+,36+,37+,39+,40+/m0/s1. The number of carbonyl (C=O) groups is 1. The number of hydrogen-bond donors (Lipinski definition) is 3. The van der Waals surface area contributed by atoms with Gasteiger partial charge in [-0.25, -0.2) is 4.79 Å². The summed E-state index contributed by atoms with van der Waals surface area (Å²) >= 11 is 0. The highest BCUT2D eigenvalue weighted by molar-refractivity contribution is 5.89. The molecule has 51 heavy (non-hydrogen) atoms. The minimum atomic E-state index is -1.62. The van der Waals surface area contributed by atoms with Gasteiger partial charge in [-0.2, -0.15) is 0 Å². The van der Waals surface area contributed by atoms with E-state index in [0.29, 0.717) is 6.61 Å². The maximum absolute atomic E-state index is 12.9. The van der Waals surface area contributed by atoms with Gasteiger partial charge >= 0.3 is 5.97 Å². The van der Waals surface area contributed by atoms with Crippen LogP contribution in [-0.4, -0.2) is 89.3 Å². The van der Waals surface area contributed by atoms with Gasteiger partial charge in [-0.1, -0.05) is 109 Å². The van der Waals surface area contributed by atoms with Crippen LogP contribution in [0.3, 0.4) is 0 Å². The number of ether oxygens (including phenoxy) is 7. The van der Waals surface area contributed by atoms with Gasteiger partial charge in [0, 0.05) is 0 Å². The van der Waals surface area contributed by atoms with Crippen molar-refractivity contribution in [1.82, 2.24) is 0 Å². The van der Waals surface area contributed by atoms with Gasteiger partial charge < -0.3 is 48.5 Å². The number of aliphatic hydroxyl groups excluding tert-OH is 3. The van der Waals surface area contributed by atoms with E-state index in [9.17, 15) is 20.1 Å². The Morgan fingerprint density at radius 3 is 1.67 bits per heavy atom. The van der Waals surface area contributed by atoms with Gasteiger partial charge in [-0.3, -0.25) is 0 Å². The van der Waals surface area contributed by atoms with Gasteiger partial charge in [-0.05, 0) is 35.7 Å². The van der Waals surface area contributed by atoms with Crippen molar-refractivity contribution >= 4 is 5.97 Å². The third kappa shape index (κ3) is 9.66. The zero-order chi connectivity index (χ0) is 35.6. The first-order chi connectivity index (χ1) is 24.9. The molecule has 4 aromatic carbocycles. The van der Waals surface area contributed by atoms with Crippen LogP contribution >= 0.6 is 0 Å². The van der Waals surface area contributed by atoms with Gasteiger partial charge in [-0.15, -0.1) is 0 Å². The minimum Gasteiger partial charge on any atom is -0.450 e. The van der Waals surface area contributed by atoms with E-state index in [1.807, 2.05) is 91.0 Å². The number of hydrogen-bond acceptors (Lipinski definition) is 11. The SMILES string of the molecule is C[C@@H]1O[C@@H](O)[C@H](OC(=O)c2ccccc2)[C@H](O)[C@H]1O[C@H]1O[C@H](COCc2ccccc2)[C@@H](OCc2ccccc2)[C@H](O)[C@H]1OCc1ccccc1. The summed E-state index contributed by atoms with van der Waals surface area (Å²) in [6, 6.07) is 36.9. The normalized spacial score (nSPS) is 29.3.